The topological polar surface area (TPSA) is 78.7 Å². The Balaban J connectivity index is 1.35. The molecule has 0 aliphatic carbocycles. The Bertz CT molecular complexity index is 916. The summed E-state index contributed by atoms with van der Waals surface area (Å²) in [6.07, 6.45) is 1.48. The minimum atomic E-state index is -0.143. The molecule has 1 aliphatic rings. The lowest BCUT2D eigenvalue weighted by atomic mass is 10.2. The number of carbonyl (C=O) groups is 2. The molecule has 1 N–H and O–H groups in total. The van der Waals surface area contributed by atoms with Crippen LogP contribution in [0.2, 0.25) is 0 Å². The number of thiazole rings is 1. The monoisotopic (exact) mass is 382 g/mol. The highest BCUT2D eigenvalue weighted by molar-refractivity contribution is 7.14. The summed E-state index contributed by atoms with van der Waals surface area (Å²) in [5, 5.41) is 5.63. The maximum absolute atomic E-state index is 12.7. The number of furan rings is 1. The van der Waals surface area contributed by atoms with Crippen LogP contribution in [0, 0.1) is 0 Å². The number of anilines is 2. The summed E-state index contributed by atoms with van der Waals surface area (Å²) in [6.45, 7) is 1.91. The van der Waals surface area contributed by atoms with Gasteiger partial charge in [-0.25, -0.2) is 4.98 Å². The number of carbonyl (C=O) groups excluding carboxylic acids is 2. The zero-order valence-electron chi connectivity index (χ0n) is 14.5. The molecule has 1 saturated heterocycles. The fourth-order valence-electron chi connectivity index (χ4n) is 2.91. The second-order valence-electron chi connectivity index (χ2n) is 6.09. The van der Waals surface area contributed by atoms with E-state index in [1.54, 1.807) is 27.3 Å². The maximum Gasteiger partial charge on any atom is 0.289 e. The van der Waals surface area contributed by atoms with Crippen molar-refractivity contribution in [1.29, 1.82) is 0 Å². The number of rotatable bonds is 4. The first-order valence-electron chi connectivity index (χ1n) is 8.60. The molecule has 0 spiro atoms. The fraction of sp³-hybridized carbons (Fsp3) is 0.211. The van der Waals surface area contributed by atoms with Crippen molar-refractivity contribution in [2.45, 2.75) is 0 Å². The number of aromatic nitrogens is 1. The number of nitrogens with zero attached hydrogens (tertiary/aromatic N) is 3. The van der Waals surface area contributed by atoms with Crippen molar-refractivity contribution in [3.63, 3.8) is 0 Å². The first-order valence-corrected chi connectivity index (χ1v) is 9.48. The largest absolute Gasteiger partial charge is 0.459 e. The van der Waals surface area contributed by atoms with Crippen LogP contribution in [0.1, 0.15) is 21.0 Å². The third-order valence-corrected chi connectivity index (χ3v) is 5.09. The van der Waals surface area contributed by atoms with E-state index in [2.05, 4.69) is 10.3 Å². The molecule has 0 bridgehead atoms. The van der Waals surface area contributed by atoms with Gasteiger partial charge in [0.15, 0.2) is 10.9 Å². The lowest BCUT2D eigenvalue weighted by molar-refractivity contribution is 0.0515. The highest BCUT2D eigenvalue weighted by Gasteiger charge is 2.27. The zero-order valence-corrected chi connectivity index (χ0v) is 15.3. The van der Waals surface area contributed by atoms with Gasteiger partial charge in [-0.1, -0.05) is 18.2 Å². The first kappa shape index (κ1) is 17.3. The van der Waals surface area contributed by atoms with Gasteiger partial charge in [0.1, 0.15) is 5.69 Å². The zero-order chi connectivity index (χ0) is 18.6. The molecular formula is C19H18N4O3S. The third kappa shape index (κ3) is 3.85. The molecule has 0 atom stereocenters. The Morgan fingerprint density at radius 2 is 1.67 bits per heavy atom. The van der Waals surface area contributed by atoms with Gasteiger partial charge in [-0.15, -0.1) is 11.3 Å². The van der Waals surface area contributed by atoms with Crippen LogP contribution in [0.5, 0.6) is 0 Å². The number of hydrogen-bond donors (Lipinski definition) is 1. The van der Waals surface area contributed by atoms with Crippen molar-refractivity contribution in [2.24, 2.45) is 0 Å². The summed E-state index contributed by atoms with van der Waals surface area (Å²) in [6, 6.07) is 13.0. The van der Waals surface area contributed by atoms with Gasteiger partial charge in [-0.3, -0.25) is 9.59 Å². The van der Waals surface area contributed by atoms with E-state index in [4.69, 9.17) is 4.42 Å². The minimum absolute atomic E-state index is 0.113. The molecule has 0 saturated carbocycles. The highest BCUT2D eigenvalue weighted by atomic mass is 32.1. The second kappa shape index (κ2) is 7.63. The van der Waals surface area contributed by atoms with Crippen molar-refractivity contribution in [2.75, 3.05) is 31.5 Å². The number of amides is 2. The average molecular weight is 382 g/mol. The van der Waals surface area contributed by atoms with E-state index in [-0.39, 0.29) is 11.8 Å². The van der Waals surface area contributed by atoms with Crippen LogP contribution in [0.15, 0.2) is 58.5 Å². The van der Waals surface area contributed by atoms with Gasteiger partial charge in [0.2, 0.25) is 0 Å². The van der Waals surface area contributed by atoms with Crippen molar-refractivity contribution < 1.29 is 14.0 Å². The van der Waals surface area contributed by atoms with Gasteiger partial charge in [-0.2, -0.15) is 0 Å². The van der Waals surface area contributed by atoms with Crippen molar-refractivity contribution >= 4 is 34.0 Å². The van der Waals surface area contributed by atoms with Crippen LogP contribution < -0.4 is 5.32 Å². The molecule has 1 fully saturated rings. The number of benzene rings is 1. The third-order valence-electron chi connectivity index (χ3n) is 4.33. The number of para-hydroxylation sites is 1. The summed E-state index contributed by atoms with van der Waals surface area (Å²) in [5.74, 6) is 0.0680. The van der Waals surface area contributed by atoms with Crippen LogP contribution >= 0.6 is 11.3 Å². The van der Waals surface area contributed by atoms with Crippen molar-refractivity contribution in [3.05, 3.63) is 65.6 Å². The average Bonchev–Trinajstić information content (AvgIpc) is 3.40. The summed E-state index contributed by atoms with van der Waals surface area (Å²) in [5.41, 5.74) is 1.35. The molecule has 138 valence electrons. The van der Waals surface area contributed by atoms with Crippen LogP contribution in [0.4, 0.5) is 10.8 Å². The van der Waals surface area contributed by atoms with E-state index in [0.717, 1.165) is 5.69 Å². The summed E-state index contributed by atoms with van der Waals surface area (Å²) >= 11 is 1.39. The minimum Gasteiger partial charge on any atom is -0.459 e. The van der Waals surface area contributed by atoms with Gasteiger partial charge in [0, 0.05) is 37.2 Å². The normalized spacial score (nSPS) is 14.2. The van der Waals surface area contributed by atoms with Crippen LogP contribution in [-0.2, 0) is 0 Å². The molecule has 3 aromatic rings. The van der Waals surface area contributed by atoms with E-state index >= 15 is 0 Å². The molecule has 0 unspecified atom stereocenters. The summed E-state index contributed by atoms with van der Waals surface area (Å²) in [7, 11) is 0. The molecule has 2 amide bonds. The molecule has 27 heavy (non-hydrogen) atoms. The van der Waals surface area contributed by atoms with E-state index in [9.17, 15) is 9.59 Å². The van der Waals surface area contributed by atoms with Gasteiger partial charge in [0.25, 0.3) is 11.8 Å². The van der Waals surface area contributed by atoms with E-state index in [1.165, 1.54) is 17.6 Å². The molecule has 0 radical (unpaired) electrons. The fourth-order valence-corrected chi connectivity index (χ4v) is 3.61. The highest BCUT2D eigenvalue weighted by Crippen LogP contribution is 2.22. The number of hydrogen-bond acceptors (Lipinski definition) is 6. The van der Waals surface area contributed by atoms with Crippen molar-refractivity contribution in [1.82, 2.24) is 14.8 Å². The van der Waals surface area contributed by atoms with Gasteiger partial charge in [-0.05, 0) is 24.3 Å². The van der Waals surface area contributed by atoms with Crippen LogP contribution in [0.25, 0.3) is 0 Å². The predicted molar refractivity (Wildman–Crippen MR) is 102 cm³/mol. The standard InChI is InChI=1S/C19H18N4O3S/c24-17(15-13-27-19(21-15)20-14-5-2-1-3-6-14)22-8-10-23(11-9-22)18(25)16-7-4-12-26-16/h1-7,12-13H,8-11H2,(H,20,21). The lowest BCUT2D eigenvalue weighted by Gasteiger charge is -2.33. The first-order chi connectivity index (χ1) is 13.2. The van der Waals surface area contributed by atoms with Crippen molar-refractivity contribution in [3.8, 4) is 0 Å². The SMILES string of the molecule is O=C(c1csc(Nc2ccccc2)n1)N1CCN(C(=O)c2ccco2)CC1. The Kier molecular flexibility index (Phi) is 4.88. The molecular weight excluding hydrogens is 364 g/mol. The van der Waals surface area contributed by atoms with Gasteiger partial charge >= 0.3 is 0 Å². The molecule has 7 nitrogen and oxygen atoms in total. The molecule has 1 aliphatic heterocycles. The molecule has 1 aromatic carbocycles. The van der Waals surface area contributed by atoms with Crippen LogP contribution in [-0.4, -0.2) is 52.8 Å². The van der Waals surface area contributed by atoms with E-state index in [1.807, 2.05) is 30.3 Å². The molecule has 3 heterocycles. The summed E-state index contributed by atoms with van der Waals surface area (Å²) in [4.78, 5) is 32.8. The number of piperazine rings is 1. The number of nitrogens with one attached hydrogen (secondary N) is 1. The second-order valence-corrected chi connectivity index (χ2v) is 6.95. The molecule has 2 aromatic heterocycles. The Morgan fingerprint density at radius 3 is 2.33 bits per heavy atom. The Morgan fingerprint density at radius 1 is 0.963 bits per heavy atom. The van der Waals surface area contributed by atoms with Crippen LogP contribution in [0.3, 0.4) is 0 Å². The predicted octanol–water partition coefficient (Wildman–Crippen LogP) is 3.08. The molecule has 4 rings (SSSR count). The summed E-state index contributed by atoms with van der Waals surface area (Å²) < 4.78 is 5.16. The van der Waals surface area contributed by atoms with Gasteiger partial charge < -0.3 is 19.5 Å². The Hall–Kier alpha value is -3.13. The van der Waals surface area contributed by atoms with E-state index < -0.39 is 0 Å². The Labute approximate surface area is 160 Å². The quantitative estimate of drug-likeness (QED) is 0.750. The maximum atomic E-state index is 12.7. The smallest absolute Gasteiger partial charge is 0.289 e. The lowest BCUT2D eigenvalue weighted by Crippen LogP contribution is -2.50. The van der Waals surface area contributed by atoms with E-state index in [0.29, 0.717) is 42.8 Å². The van der Waals surface area contributed by atoms with Gasteiger partial charge in [0.05, 0.1) is 6.26 Å². The molecule has 8 heteroatoms.